The Bertz CT molecular complexity index is 804. The van der Waals surface area contributed by atoms with Crippen LogP contribution in [0, 0.1) is 11.3 Å². The van der Waals surface area contributed by atoms with Crippen molar-refractivity contribution < 1.29 is 0 Å². The van der Waals surface area contributed by atoms with E-state index in [1.807, 2.05) is 47.9 Å². The molecule has 3 nitrogen and oxygen atoms in total. The molecule has 0 aliphatic carbocycles. The molecule has 4 heteroatoms. The number of allylic oxidation sites excluding steroid dienone is 1. The summed E-state index contributed by atoms with van der Waals surface area (Å²) in [5, 5.41) is 11.5. The summed E-state index contributed by atoms with van der Waals surface area (Å²) < 4.78 is 2.08. The van der Waals surface area contributed by atoms with E-state index < -0.39 is 0 Å². The lowest BCUT2D eigenvalue weighted by atomic mass is 10.2. The lowest BCUT2D eigenvalue weighted by Gasteiger charge is -2.04. The number of hydrogen-bond donors (Lipinski definition) is 0. The molecule has 3 aromatic rings. The van der Waals surface area contributed by atoms with E-state index in [4.69, 9.17) is 0 Å². The minimum Gasteiger partial charge on any atom is -0.324 e. The van der Waals surface area contributed by atoms with Gasteiger partial charge < -0.3 is 4.57 Å². The summed E-state index contributed by atoms with van der Waals surface area (Å²) in [6.07, 6.45) is 1.90. The summed E-state index contributed by atoms with van der Waals surface area (Å²) in [6, 6.07) is 14.2. The van der Waals surface area contributed by atoms with Gasteiger partial charge in [0.05, 0.1) is 16.6 Å². The van der Waals surface area contributed by atoms with Crippen molar-refractivity contribution in [3.8, 4) is 6.07 Å². The molecule has 0 unspecified atom stereocenters. The maximum atomic E-state index is 9.46. The van der Waals surface area contributed by atoms with Gasteiger partial charge in [-0.1, -0.05) is 18.2 Å². The number of aromatic nitrogens is 2. The molecule has 0 spiro atoms. The predicted molar refractivity (Wildman–Crippen MR) is 83.2 cm³/mol. The summed E-state index contributed by atoms with van der Waals surface area (Å²) >= 11 is 1.62. The van der Waals surface area contributed by atoms with Crippen molar-refractivity contribution in [2.45, 2.75) is 13.5 Å². The molecule has 3 rings (SSSR count). The SMILES string of the molecule is CCn1c(/C(C#N)=C\c2cccs2)nc2ccccc21. The standard InChI is InChI=1S/C16H13N3S/c1-2-19-15-8-4-3-7-14(15)18-16(19)12(11-17)10-13-6-5-9-20-13/h3-10H,2H2,1H3/b12-10-. The van der Waals surface area contributed by atoms with Crippen LogP contribution in [0.4, 0.5) is 0 Å². The second-order valence-corrected chi connectivity index (χ2v) is 5.33. The maximum Gasteiger partial charge on any atom is 0.151 e. The normalized spacial score (nSPS) is 11.7. The first kappa shape index (κ1) is 12.6. The highest BCUT2D eigenvalue weighted by molar-refractivity contribution is 7.10. The van der Waals surface area contributed by atoms with Gasteiger partial charge in [0.25, 0.3) is 0 Å². The molecule has 20 heavy (non-hydrogen) atoms. The van der Waals surface area contributed by atoms with Crippen LogP contribution in [0.15, 0.2) is 41.8 Å². The quantitative estimate of drug-likeness (QED) is 0.675. The van der Waals surface area contributed by atoms with Crippen molar-refractivity contribution in [2.75, 3.05) is 0 Å². The second-order valence-electron chi connectivity index (χ2n) is 4.35. The van der Waals surface area contributed by atoms with Gasteiger partial charge in [-0.05, 0) is 36.6 Å². The fraction of sp³-hybridized carbons (Fsp3) is 0.125. The molecule has 1 aromatic carbocycles. The molecule has 0 bridgehead atoms. The Kier molecular flexibility index (Phi) is 3.36. The van der Waals surface area contributed by atoms with E-state index in [1.54, 1.807) is 11.3 Å². The zero-order valence-electron chi connectivity index (χ0n) is 11.1. The van der Waals surface area contributed by atoms with Crippen molar-refractivity contribution >= 4 is 34.0 Å². The zero-order chi connectivity index (χ0) is 13.9. The van der Waals surface area contributed by atoms with Gasteiger partial charge in [0, 0.05) is 11.4 Å². The molecule has 0 atom stereocenters. The van der Waals surface area contributed by atoms with Crippen LogP contribution < -0.4 is 0 Å². The van der Waals surface area contributed by atoms with E-state index in [0.29, 0.717) is 5.57 Å². The van der Waals surface area contributed by atoms with Crippen molar-refractivity contribution in [3.63, 3.8) is 0 Å². The van der Waals surface area contributed by atoms with Gasteiger partial charge in [-0.15, -0.1) is 11.3 Å². The Morgan fingerprint density at radius 1 is 1.35 bits per heavy atom. The monoisotopic (exact) mass is 279 g/mol. The molecular formula is C16H13N3S. The third-order valence-electron chi connectivity index (χ3n) is 3.16. The molecule has 0 fully saturated rings. The van der Waals surface area contributed by atoms with E-state index in [2.05, 4.69) is 22.5 Å². The smallest absolute Gasteiger partial charge is 0.151 e. The highest BCUT2D eigenvalue weighted by Crippen LogP contribution is 2.24. The van der Waals surface area contributed by atoms with Crippen LogP contribution in [0.2, 0.25) is 0 Å². The lowest BCUT2D eigenvalue weighted by molar-refractivity contribution is 0.775. The minimum absolute atomic E-state index is 0.602. The third kappa shape index (κ3) is 2.13. The number of imidazole rings is 1. The molecule has 0 saturated carbocycles. The summed E-state index contributed by atoms with van der Waals surface area (Å²) in [5.74, 6) is 0.740. The number of para-hydroxylation sites is 2. The van der Waals surface area contributed by atoms with Crippen LogP contribution >= 0.6 is 11.3 Å². The Labute approximate surface area is 121 Å². The van der Waals surface area contributed by atoms with E-state index in [-0.39, 0.29) is 0 Å². The molecule has 0 N–H and O–H groups in total. The zero-order valence-corrected chi connectivity index (χ0v) is 11.9. The Morgan fingerprint density at radius 3 is 2.90 bits per heavy atom. The van der Waals surface area contributed by atoms with Gasteiger partial charge in [-0.3, -0.25) is 0 Å². The van der Waals surface area contributed by atoms with Gasteiger partial charge >= 0.3 is 0 Å². The van der Waals surface area contributed by atoms with Crippen LogP contribution in [-0.2, 0) is 6.54 Å². The molecule has 0 amide bonds. The topological polar surface area (TPSA) is 41.6 Å². The Hall–Kier alpha value is -2.38. The first-order valence-corrected chi connectivity index (χ1v) is 7.32. The fourth-order valence-corrected chi connectivity index (χ4v) is 2.92. The number of nitriles is 1. The molecule has 2 heterocycles. The predicted octanol–water partition coefficient (Wildman–Crippen LogP) is 4.18. The third-order valence-corrected chi connectivity index (χ3v) is 3.98. The summed E-state index contributed by atoms with van der Waals surface area (Å²) in [6.45, 7) is 2.86. The molecule has 0 aliphatic rings. The average molecular weight is 279 g/mol. The molecule has 2 aromatic heterocycles. The van der Waals surface area contributed by atoms with Crippen LogP contribution in [0.25, 0.3) is 22.7 Å². The summed E-state index contributed by atoms with van der Waals surface area (Å²) in [5.41, 5.74) is 2.60. The fourth-order valence-electron chi connectivity index (χ4n) is 2.26. The Balaban J connectivity index is 2.20. The van der Waals surface area contributed by atoms with Crippen LogP contribution in [0.3, 0.4) is 0 Å². The van der Waals surface area contributed by atoms with Crippen LogP contribution in [0.1, 0.15) is 17.6 Å². The number of aryl methyl sites for hydroxylation is 1. The Morgan fingerprint density at radius 2 is 2.20 bits per heavy atom. The maximum absolute atomic E-state index is 9.46. The lowest BCUT2D eigenvalue weighted by Crippen LogP contribution is -2.00. The van der Waals surface area contributed by atoms with Crippen molar-refractivity contribution in [1.29, 1.82) is 5.26 Å². The second kappa shape index (κ2) is 5.32. The first-order chi connectivity index (χ1) is 9.83. The van der Waals surface area contributed by atoms with Gasteiger partial charge in [0.1, 0.15) is 6.07 Å². The van der Waals surface area contributed by atoms with Gasteiger partial charge in [-0.2, -0.15) is 5.26 Å². The molecule has 0 radical (unpaired) electrons. The number of thiophene rings is 1. The number of hydrogen-bond acceptors (Lipinski definition) is 3. The minimum atomic E-state index is 0.602. The number of benzene rings is 1. The summed E-state index contributed by atoms with van der Waals surface area (Å²) in [7, 11) is 0. The number of rotatable bonds is 3. The van der Waals surface area contributed by atoms with E-state index in [0.717, 1.165) is 28.3 Å². The van der Waals surface area contributed by atoms with Crippen LogP contribution in [-0.4, -0.2) is 9.55 Å². The van der Waals surface area contributed by atoms with Gasteiger partial charge in [-0.25, -0.2) is 4.98 Å². The summed E-state index contributed by atoms with van der Waals surface area (Å²) in [4.78, 5) is 5.68. The highest BCUT2D eigenvalue weighted by Gasteiger charge is 2.13. The molecular weight excluding hydrogens is 266 g/mol. The number of fused-ring (bicyclic) bond motifs is 1. The van der Waals surface area contributed by atoms with Gasteiger partial charge in [0.2, 0.25) is 0 Å². The largest absolute Gasteiger partial charge is 0.324 e. The highest BCUT2D eigenvalue weighted by atomic mass is 32.1. The van der Waals surface area contributed by atoms with Crippen molar-refractivity contribution in [1.82, 2.24) is 9.55 Å². The molecule has 98 valence electrons. The molecule has 0 aliphatic heterocycles. The van der Waals surface area contributed by atoms with Gasteiger partial charge in [0.15, 0.2) is 5.82 Å². The van der Waals surface area contributed by atoms with E-state index in [1.165, 1.54) is 0 Å². The van der Waals surface area contributed by atoms with E-state index >= 15 is 0 Å². The number of nitrogens with zero attached hydrogens (tertiary/aromatic N) is 3. The van der Waals surface area contributed by atoms with Crippen molar-refractivity contribution in [3.05, 3.63) is 52.5 Å². The molecule has 0 saturated heterocycles. The average Bonchev–Trinajstić information content (AvgIpc) is 3.11. The first-order valence-electron chi connectivity index (χ1n) is 6.44. The van der Waals surface area contributed by atoms with Crippen LogP contribution in [0.5, 0.6) is 0 Å². The van der Waals surface area contributed by atoms with Crippen molar-refractivity contribution in [2.24, 2.45) is 0 Å². The van der Waals surface area contributed by atoms with E-state index in [9.17, 15) is 5.26 Å².